The molecule has 0 bridgehead atoms. The van der Waals surface area contributed by atoms with Crippen LogP contribution in [-0.4, -0.2) is 32.8 Å². The molecule has 19 heavy (non-hydrogen) atoms. The van der Waals surface area contributed by atoms with Gasteiger partial charge in [0.05, 0.1) is 22.8 Å². The summed E-state index contributed by atoms with van der Waals surface area (Å²) in [5, 5.41) is 13.2. The van der Waals surface area contributed by atoms with Crippen molar-refractivity contribution in [3.8, 4) is 0 Å². The Balaban J connectivity index is 2.83. The molecule has 6 heteroatoms. The fourth-order valence-corrected chi connectivity index (χ4v) is 1.99. The number of hydrogen-bond donors (Lipinski definition) is 2. The van der Waals surface area contributed by atoms with E-state index in [4.69, 9.17) is 0 Å². The molecule has 1 aromatic rings. The van der Waals surface area contributed by atoms with E-state index in [-0.39, 0.29) is 17.8 Å². The Kier molecular flexibility index (Phi) is 5.29. The lowest BCUT2D eigenvalue weighted by molar-refractivity contribution is 0.139. The van der Waals surface area contributed by atoms with E-state index in [0.29, 0.717) is 12.2 Å². The molecular weight excluding hydrogens is 310 g/mol. The van der Waals surface area contributed by atoms with Gasteiger partial charge in [-0.25, -0.2) is 4.79 Å². The SMILES string of the molecule is Cc1nc(=O)n(CC(O)CNC(C)(C)C)c(C)c1Br. The van der Waals surface area contributed by atoms with Crippen molar-refractivity contribution in [1.82, 2.24) is 14.9 Å². The zero-order chi connectivity index (χ0) is 14.8. The highest BCUT2D eigenvalue weighted by Crippen LogP contribution is 2.16. The van der Waals surface area contributed by atoms with Crippen LogP contribution in [0.2, 0.25) is 0 Å². The number of nitrogens with one attached hydrogen (secondary N) is 1. The number of aliphatic hydroxyl groups is 1. The lowest BCUT2D eigenvalue weighted by atomic mass is 10.1. The zero-order valence-corrected chi connectivity index (χ0v) is 13.7. The molecule has 0 aliphatic heterocycles. The Morgan fingerprint density at radius 2 is 2.00 bits per heavy atom. The van der Waals surface area contributed by atoms with Gasteiger partial charge in [0.25, 0.3) is 0 Å². The average Bonchev–Trinajstić information content (AvgIpc) is 2.28. The minimum Gasteiger partial charge on any atom is -0.390 e. The van der Waals surface area contributed by atoms with Crippen LogP contribution in [-0.2, 0) is 6.54 Å². The Morgan fingerprint density at radius 3 is 2.53 bits per heavy atom. The van der Waals surface area contributed by atoms with Crippen LogP contribution in [0.4, 0.5) is 0 Å². The summed E-state index contributed by atoms with van der Waals surface area (Å²) >= 11 is 3.41. The van der Waals surface area contributed by atoms with Crippen LogP contribution in [0.1, 0.15) is 32.2 Å². The Morgan fingerprint density at radius 1 is 1.42 bits per heavy atom. The van der Waals surface area contributed by atoms with E-state index in [9.17, 15) is 9.90 Å². The summed E-state index contributed by atoms with van der Waals surface area (Å²) in [5.41, 5.74) is 1.06. The molecule has 0 aliphatic rings. The van der Waals surface area contributed by atoms with E-state index >= 15 is 0 Å². The zero-order valence-electron chi connectivity index (χ0n) is 12.1. The number of rotatable bonds is 4. The molecule has 0 fully saturated rings. The summed E-state index contributed by atoms with van der Waals surface area (Å²) in [4.78, 5) is 15.8. The van der Waals surface area contributed by atoms with Crippen LogP contribution in [0.3, 0.4) is 0 Å². The lowest BCUT2D eigenvalue weighted by Gasteiger charge is -2.23. The quantitative estimate of drug-likeness (QED) is 0.874. The van der Waals surface area contributed by atoms with Crippen molar-refractivity contribution in [2.45, 2.75) is 52.8 Å². The van der Waals surface area contributed by atoms with Gasteiger partial charge in [-0.2, -0.15) is 4.98 Å². The molecule has 108 valence electrons. The molecule has 0 amide bonds. The van der Waals surface area contributed by atoms with Crippen LogP contribution in [0.15, 0.2) is 9.27 Å². The van der Waals surface area contributed by atoms with Gasteiger partial charge in [-0.05, 0) is 50.5 Å². The monoisotopic (exact) mass is 331 g/mol. The molecule has 0 saturated heterocycles. The Bertz CT molecular complexity index is 506. The van der Waals surface area contributed by atoms with Gasteiger partial charge in [-0.3, -0.25) is 4.57 Å². The first-order valence-electron chi connectivity index (χ1n) is 6.28. The van der Waals surface area contributed by atoms with E-state index in [1.165, 1.54) is 4.57 Å². The molecule has 1 unspecified atom stereocenters. The van der Waals surface area contributed by atoms with Gasteiger partial charge in [-0.1, -0.05) is 0 Å². The number of aryl methyl sites for hydroxylation is 1. The maximum atomic E-state index is 11.8. The molecule has 1 atom stereocenters. The first-order valence-corrected chi connectivity index (χ1v) is 7.08. The predicted molar refractivity (Wildman–Crippen MR) is 79.4 cm³/mol. The van der Waals surface area contributed by atoms with Gasteiger partial charge in [0.2, 0.25) is 0 Å². The minimum atomic E-state index is -0.632. The summed E-state index contributed by atoms with van der Waals surface area (Å²) in [6.07, 6.45) is -0.632. The number of aromatic nitrogens is 2. The number of hydrogen-bond acceptors (Lipinski definition) is 4. The fraction of sp³-hybridized carbons (Fsp3) is 0.692. The van der Waals surface area contributed by atoms with E-state index in [2.05, 4.69) is 26.2 Å². The smallest absolute Gasteiger partial charge is 0.348 e. The predicted octanol–water partition coefficient (Wildman–Crippen LogP) is 1.37. The molecule has 1 rings (SSSR count). The standard InChI is InChI=1S/C13H22BrN3O2/c1-8-11(14)9(2)17(12(19)16-8)7-10(18)6-15-13(3,4)5/h10,15,18H,6-7H2,1-5H3. The summed E-state index contributed by atoms with van der Waals surface area (Å²) in [6.45, 7) is 10.4. The van der Waals surface area contributed by atoms with Crippen LogP contribution in [0.5, 0.6) is 0 Å². The van der Waals surface area contributed by atoms with Crippen LogP contribution in [0.25, 0.3) is 0 Å². The van der Waals surface area contributed by atoms with Gasteiger partial charge >= 0.3 is 5.69 Å². The first-order chi connectivity index (χ1) is 8.61. The summed E-state index contributed by atoms with van der Waals surface area (Å²) in [5.74, 6) is 0. The number of halogens is 1. The second-order valence-corrected chi connectivity index (χ2v) is 6.57. The fourth-order valence-electron chi connectivity index (χ4n) is 1.69. The number of nitrogens with zero attached hydrogens (tertiary/aromatic N) is 2. The second kappa shape index (κ2) is 6.15. The van der Waals surface area contributed by atoms with Crippen molar-refractivity contribution < 1.29 is 5.11 Å². The molecule has 0 saturated carbocycles. The van der Waals surface area contributed by atoms with Crippen LogP contribution in [0, 0.1) is 13.8 Å². The summed E-state index contributed by atoms with van der Waals surface area (Å²) < 4.78 is 2.30. The lowest BCUT2D eigenvalue weighted by Crippen LogP contribution is -2.43. The molecule has 5 nitrogen and oxygen atoms in total. The maximum Gasteiger partial charge on any atom is 0.348 e. The summed E-state index contributed by atoms with van der Waals surface area (Å²) in [6, 6.07) is 0. The van der Waals surface area contributed by atoms with Crippen molar-refractivity contribution in [3.63, 3.8) is 0 Å². The molecule has 0 spiro atoms. The molecule has 1 heterocycles. The van der Waals surface area contributed by atoms with E-state index < -0.39 is 6.10 Å². The Labute approximate surface area is 122 Å². The van der Waals surface area contributed by atoms with Gasteiger partial charge < -0.3 is 10.4 Å². The number of β-amino-alcohol motifs (C(OH)–C–C–N with tert-alkyl or cyclic N) is 1. The molecule has 1 aromatic heterocycles. The highest BCUT2D eigenvalue weighted by atomic mass is 79.9. The van der Waals surface area contributed by atoms with E-state index in [1.54, 1.807) is 6.92 Å². The topological polar surface area (TPSA) is 67.2 Å². The minimum absolute atomic E-state index is 0.0624. The summed E-state index contributed by atoms with van der Waals surface area (Å²) in [7, 11) is 0. The average molecular weight is 332 g/mol. The molecular formula is C13H22BrN3O2. The second-order valence-electron chi connectivity index (χ2n) is 5.77. The van der Waals surface area contributed by atoms with Crippen LogP contribution < -0.4 is 11.0 Å². The first kappa shape index (κ1) is 16.3. The number of aliphatic hydroxyl groups excluding tert-OH is 1. The molecule has 2 N–H and O–H groups in total. The van der Waals surface area contributed by atoms with Crippen molar-refractivity contribution in [1.29, 1.82) is 0 Å². The highest BCUT2D eigenvalue weighted by Gasteiger charge is 2.15. The van der Waals surface area contributed by atoms with Gasteiger partial charge in [0, 0.05) is 17.8 Å². The van der Waals surface area contributed by atoms with E-state index in [0.717, 1.165) is 10.2 Å². The third kappa shape index (κ3) is 4.71. The third-order valence-corrected chi connectivity index (χ3v) is 3.94. The van der Waals surface area contributed by atoms with Gasteiger partial charge in [-0.15, -0.1) is 0 Å². The third-order valence-electron chi connectivity index (χ3n) is 2.80. The van der Waals surface area contributed by atoms with Crippen molar-refractivity contribution >= 4 is 15.9 Å². The Hall–Kier alpha value is -0.720. The molecule has 0 aromatic carbocycles. The molecule has 0 radical (unpaired) electrons. The highest BCUT2D eigenvalue weighted by molar-refractivity contribution is 9.10. The molecule has 0 aliphatic carbocycles. The largest absolute Gasteiger partial charge is 0.390 e. The maximum absolute atomic E-state index is 11.8. The van der Waals surface area contributed by atoms with Crippen molar-refractivity contribution in [3.05, 3.63) is 26.3 Å². The van der Waals surface area contributed by atoms with Crippen molar-refractivity contribution in [2.75, 3.05) is 6.54 Å². The van der Waals surface area contributed by atoms with Gasteiger partial charge in [0.15, 0.2) is 0 Å². The van der Waals surface area contributed by atoms with Gasteiger partial charge in [0.1, 0.15) is 0 Å². The van der Waals surface area contributed by atoms with Crippen molar-refractivity contribution in [2.24, 2.45) is 0 Å². The van der Waals surface area contributed by atoms with E-state index in [1.807, 2.05) is 27.7 Å². The normalized spacial score (nSPS) is 13.6. The van der Waals surface area contributed by atoms with Crippen LogP contribution >= 0.6 is 15.9 Å².